The van der Waals surface area contributed by atoms with Crippen LogP contribution in [0.4, 0.5) is 5.69 Å². The van der Waals surface area contributed by atoms with Gasteiger partial charge in [-0.05, 0) is 49.1 Å². The summed E-state index contributed by atoms with van der Waals surface area (Å²) in [5.74, 6) is 0.0293. The zero-order valence-corrected chi connectivity index (χ0v) is 14.9. The maximum atomic E-state index is 12.0. The lowest BCUT2D eigenvalue weighted by Crippen LogP contribution is -2.36. The van der Waals surface area contributed by atoms with Crippen LogP contribution in [0.2, 0.25) is 0 Å². The minimum absolute atomic E-state index is 0.0925. The van der Waals surface area contributed by atoms with E-state index in [0.29, 0.717) is 5.75 Å². The number of aryl methyl sites for hydroxylation is 3. The van der Waals surface area contributed by atoms with E-state index in [1.54, 1.807) is 0 Å². The van der Waals surface area contributed by atoms with Gasteiger partial charge in [-0.15, -0.1) is 0 Å². The molecule has 0 unspecified atom stereocenters. The van der Waals surface area contributed by atoms with Gasteiger partial charge in [0, 0.05) is 5.69 Å². The first kappa shape index (κ1) is 18.5. The molecule has 2 amide bonds. The molecule has 5 nitrogen and oxygen atoms in total. The summed E-state index contributed by atoms with van der Waals surface area (Å²) in [4.78, 5) is 23.8. The van der Waals surface area contributed by atoms with Crippen LogP contribution < -0.4 is 15.4 Å². The second-order valence-corrected chi connectivity index (χ2v) is 5.88. The quantitative estimate of drug-likeness (QED) is 0.814. The molecule has 0 atom stereocenters. The molecule has 0 aliphatic carbocycles. The summed E-state index contributed by atoms with van der Waals surface area (Å²) < 4.78 is 5.41. The van der Waals surface area contributed by atoms with Crippen molar-refractivity contribution in [2.75, 3.05) is 18.5 Å². The second kappa shape index (κ2) is 8.87. The fraction of sp³-hybridized carbons (Fsp3) is 0.300. The van der Waals surface area contributed by atoms with Crippen molar-refractivity contribution in [1.82, 2.24) is 5.32 Å². The Labute approximate surface area is 148 Å². The van der Waals surface area contributed by atoms with E-state index in [1.165, 1.54) is 5.56 Å². The van der Waals surface area contributed by atoms with E-state index in [0.717, 1.165) is 23.2 Å². The minimum Gasteiger partial charge on any atom is -0.484 e. The van der Waals surface area contributed by atoms with Gasteiger partial charge in [0.25, 0.3) is 5.91 Å². The molecule has 0 aliphatic rings. The molecule has 0 saturated heterocycles. The van der Waals surface area contributed by atoms with Crippen LogP contribution in [0.3, 0.4) is 0 Å². The van der Waals surface area contributed by atoms with Gasteiger partial charge in [0.2, 0.25) is 5.91 Å². The Morgan fingerprint density at radius 1 is 0.960 bits per heavy atom. The summed E-state index contributed by atoms with van der Waals surface area (Å²) in [5.41, 5.74) is 3.96. The molecule has 0 bridgehead atoms. The average molecular weight is 340 g/mol. The molecule has 5 heteroatoms. The van der Waals surface area contributed by atoms with Crippen LogP contribution in [0.1, 0.15) is 23.6 Å². The Bertz CT molecular complexity index is 719. The molecule has 2 N–H and O–H groups in total. The molecule has 0 fully saturated rings. The van der Waals surface area contributed by atoms with Crippen LogP contribution in [-0.2, 0) is 16.0 Å². The van der Waals surface area contributed by atoms with Gasteiger partial charge in [0.1, 0.15) is 5.75 Å². The van der Waals surface area contributed by atoms with Crippen molar-refractivity contribution < 1.29 is 14.3 Å². The first-order chi connectivity index (χ1) is 12.0. The molecule has 0 spiro atoms. The third kappa shape index (κ3) is 5.64. The molecule has 132 valence electrons. The smallest absolute Gasteiger partial charge is 0.258 e. The van der Waals surface area contributed by atoms with Gasteiger partial charge < -0.3 is 15.4 Å². The molecule has 0 heterocycles. The number of anilines is 1. The van der Waals surface area contributed by atoms with E-state index in [9.17, 15) is 9.59 Å². The monoisotopic (exact) mass is 340 g/mol. The molecule has 0 saturated carbocycles. The molecule has 0 radical (unpaired) electrons. The highest BCUT2D eigenvalue weighted by Crippen LogP contribution is 2.19. The van der Waals surface area contributed by atoms with Crippen molar-refractivity contribution in [1.29, 1.82) is 0 Å². The van der Waals surface area contributed by atoms with E-state index < -0.39 is 0 Å². The zero-order valence-electron chi connectivity index (χ0n) is 14.9. The van der Waals surface area contributed by atoms with Gasteiger partial charge in [-0.1, -0.05) is 37.3 Å². The van der Waals surface area contributed by atoms with Crippen molar-refractivity contribution in [3.05, 3.63) is 59.2 Å². The lowest BCUT2D eigenvalue weighted by Gasteiger charge is -2.12. The topological polar surface area (TPSA) is 67.4 Å². The minimum atomic E-state index is -0.337. The Morgan fingerprint density at radius 3 is 2.20 bits per heavy atom. The van der Waals surface area contributed by atoms with E-state index in [-0.39, 0.29) is 25.0 Å². The number of carbonyl (C=O) groups excluding carboxylic acids is 2. The fourth-order valence-electron chi connectivity index (χ4n) is 2.40. The Balaban J connectivity index is 1.76. The predicted octanol–water partition coefficient (Wildman–Crippen LogP) is 3.00. The maximum Gasteiger partial charge on any atom is 0.258 e. The van der Waals surface area contributed by atoms with Crippen LogP contribution in [0.25, 0.3) is 0 Å². The number of para-hydroxylation sites is 1. The third-order valence-electron chi connectivity index (χ3n) is 3.89. The van der Waals surface area contributed by atoms with Gasteiger partial charge in [-0.3, -0.25) is 9.59 Å². The standard InChI is InChI=1S/C20H24N2O3/c1-4-16-8-10-17(11-9-16)25-13-19(24)21-12-18(23)22-20-14(2)6-5-7-15(20)3/h5-11H,4,12-13H2,1-3H3,(H,21,24)(H,22,23). The largest absolute Gasteiger partial charge is 0.484 e. The van der Waals surface area contributed by atoms with Gasteiger partial charge in [0.05, 0.1) is 6.54 Å². The van der Waals surface area contributed by atoms with Crippen LogP contribution in [-0.4, -0.2) is 25.0 Å². The molecule has 2 rings (SSSR count). The number of benzene rings is 2. The SMILES string of the molecule is CCc1ccc(OCC(=O)NCC(=O)Nc2c(C)cccc2C)cc1. The normalized spacial score (nSPS) is 10.2. The molecule has 2 aromatic rings. The summed E-state index contributed by atoms with van der Waals surface area (Å²) in [5, 5.41) is 5.38. The van der Waals surface area contributed by atoms with E-state index in [2.05, 4.69) is 17.6 Å². The van der Waals surface area contributed by atoms with E-state index in [4.69, 9.17) is 4.74 Å². The number of nitrogens with one attached hydrogen (secondary N) is 2. The van der Waals surface area contributed by atoms with Crippen molar-refractivity contribution in [3.63, 3.8) is 0 Å². The Kier molecular flexibility index (Phi) is 6.57. The fourth-order valence-corrected chi connectivity index (χ4v) is 2.40. The summed E-state index contributed by atoms with van der Waals surface area (Å²) in [6.07, 6.45) is 0.955. The molecular formula is C20H24N2O3. The van der Waals surface area contributed by atoms with Crippen LogP contribution >= 0.6 is 0 Å². The molecule has 0 aliphatic heterocycles. The Morgan fingerprint density at radius 2 is 1.60 bits per heavy atom. The highest BCUT2D eigenvalue weighted by molar-refractivity contribution is 5.95. The van der Waals surface area contributed by atoms with Gasteiger partial charge >= 0.3 is 0 Å². The first-order valence-electron chi connectivity index (χ1n) is 8.34. The zero-order chi connectivity index (χ0) is 18.2. The lowest BCUT2D eigenvalue weighted by atomic mass is 10.1. The molecular weight excluding hydrogens is 316 g/mol. The number of hydrogen-bond donors (Lipinski definition) is 2. The summed E-state index contributed by atoms with van der Waals surface area (Å²) in [6, 6.07) is 13.4. The van der Waals surface area contributed by atoms with Crippen molar-refractivity contribution in [2.45, 2.75) is 27.2 Å². The first-order valence-corrected chi connectivity index (χ1v) is 8.34. The van der Waals surface area contributed by atoms with Gasteiger partial charge in [0.15, 0.2) is 6.61 Å². The second-order valence-electron chi connectivity index (χ2n) is 5.88. The Hall–Kier alpha value is -2.82. The van der Waals surface area contributed by atoms with E-state index in [1.807, 2.05) is 56.3 Å². The van der Waals surface area contributed by atoms with Crippen molar-refractivity contribution in [2.24, 2.45) is 0 Å². The lowest BCUT2D eigenvalue weighted by molar-refractivity contribution is -0.125. The molecule has 25 heavy (non-hydrogen) atoms. The number of amides is 2. The number of ether oxygens (including phenoxy) is 1. The predicted molar refractivity (Wildman–Crippen MR) is 98.9 cm³/mol. The van der Waals surface area contributed by atoms with E-state index >= 15 is 0 Å². The van der Waals surface area contributed by atoms with Crippen LogP contribution in [0, 0.1) is 13.8 Å². The van der Waals surface area contributed by atoms with Crippen molar-refractivity contribution in [3.8, 4) is 5.75 Å². The number of carbonyl (C=O) groups is 2. The average Bonchev–Trinajstić information content (AvgIpc) is 2.62. The van der Waals surface area contributed by atoms with Crippen molar-refractivity contribution >= 4 is 17.5 Å². The maximum absolute atomic E-state index is 12.0. The van der Waals surface area contributed by atoms with Crippen LogP contribution in [0.15, 0.2) is 42.5 Å². The summed E-state index contributed by atoms with van der Waals surface area (Å²) >= 11 is 0. The third-order valence-corrected chi connectivity index (χ3v) is 3.89. The highest BCUT2D eigenvalue weighted by Gasteiger charge is 2.09. The number of rotatable bonds is 7. The van der Waals surface area contributed by atoms with Crippen LogP contribution in [0.5, 0.6) is 5.75 Å². The summed E-state index contributed by atoms with van der Waals surface area (Å²) in [7, 11) is 0. The molecule has 0 aromatic heterocycles. The summed E-state index contributed by atoms with van der Waals surface area (Å²) in [6.45, 7) is 5.72. The van der Waals surface area contributed by atoms with Gasteiger partial charge in [-0.25, -0.2) is 0 Å². The molecule has 2 aromatic carbocycles. The number of hydrogen-bond acceptors (Lipinski definition) is 3. The van der Waals surface area contributed by atoms with Gasteiger partial charge in [-0.2, -0.15) is 0 Å². The highest BCUT2D eigenvalue weighted by atomic mass is 16.5.